The highest BCUT2D eigenvalue weighted by Crippen LogP contribution is 2.50. The van der Waals surface area contributed by atoms with Crippen LogP contribution in [0.5, 0.6) is 0 Å². The van der Waals surface area contributed by atoms with Crippen LogP contribution in [0.25, 0.3) is 0 Å². The molecule has 0 saturated carbocycles. The summed E-state index contributed by atoms with van der Waals surface area (Å²) in [6.45, 7) is 44.1. The van der Waals surface area contributed by atoms with Gasteiger partial charge in [0.2, 0.25) is 0 Å². The predicted molar refractivity (Wildman–Crippen MR) is 162 cm³/mol. The summed E-state index contributed by atoms with van der Waals surface area (Å²) in [5, 5.41) is 0. The van der Waals surface area contributed by atoms with E-state index in [0.717, 1.165) is 24.0 Å². The molecule has 0 spiro atoms. The maximum Gasteiger partial charge on any atom is 0.130 e. The molecular weight excluding hydrogens is 415 g/mol. The smallest absolute Gasteiger partial charge is 0.130 e. The first-order valence-corrected chi connectivity index (χ1v) is 14.4. The molecule has 1 rings (SSSR count). The molecule has 1 aliphatic carbocycles. The molecule has 0 N–H and O–H groups in total. The fraction of sp³-hybridized carbons (Fsp3) is 0.818. The van der Waals surface area contributed by atoms with Gasteiger partial charge in [-0.25, -0.2) is 4.39 Å². The van der Waals surface area contributed by atoms with Gasteiger partial charge in [-0.1, -0.05) is 157 Å². The van der Waals surface area contributed by atoms with Crippen molar-refractivity contribution in [1.29, 1.82) is 0 Å². The summed E-state index contributed by atoms with van der Waals surface area (Å²) >= 11 is 0. The summed E-state index contributed by atoms with van der Waals surface area (Å²) in [7, 11) is 0. The van der Waals surface area contributed by atoms with Gasteiger partial charge < -0.3 is 0 Å². The van der Waals surface area contributed by atoms with Gasteiger partial charge in [-0.05, 0) is 46.3 Å². The average molecular weight is 485 g/mol. The summed E-state index contributed by atoms with van der Waals surface area (Å²) in [5.74, 6) is 0.288. The van der Waals surface area contributed by atoms with E-state index < -0.39 is 0 Å². The molecule has 0 aromatic rings. The lowest BCUT2D eigenvalue weighted by molar-refractivity contribution is 0.320. The Morgan fingerprint density at radius 1 is 0.676 bits per heavy atom. The van der Waals surface area contributed by atoms with Crippen molar-refractivity contribution in [3.63, 3.8) is 0 Å². The highest BCUT2D eigenvalue weighted by molar-refractivity contribution is 5.51. The molecule has 0 saturated heterocycles. The molecule has 1 atom stereocenters. The van der Waals surface area contributed by atoms with Crippen LogP contribution in [0.4, 0.5) is 4.39 Å². The molecule has 0 radical (unpaired) electrons. The van der Waals surface area contributed by atoms with E-state index in [0.29, 0.717) is 0 Å². The number of hydrogen-bond donors (Lipinski definition) is 0. The molecule has 0 aliphatic heterocycles. The Labute approximate surface area is 219 Å². The Morgan fingerprint density at radius 2 is 1.03 bits per heavy atom. The second-order valence-electron chi connectivity index (χ2n) is 10.5. The molecule has 0 bridgehead atoms. The van der Waals surface area contributed by atoms with Crippen molar-refractivity contribution in [3.8, 4) is 0 Å². The van der Waals surface area contributed by atoms with E-state index in [1.54, 1.807) is 0 Å². The lowest BCUT2D eigenvalue weighted by atomic mass is 9.71. The fourth-order valence-corrected chi connectivity index (χ4v) is 4.01. The van der Waals surface area contributed by atoms with Gasteiger partial charge in [0.15, 0.2) is 0 Å². The van der Waals surface area contributed by atoms with Gasteiger partial charge in [-0.15, -0.1) is 0 Å². The number of halogens is 1. The normalized spacial score (nSPS) is 15.8. The van der Waals surface area contributed by atoms with Crippen molar-refractivity contribution in [1.82, 2.24) is 0 Å². The molecular formula is C33H69F. The average Bonchev–Trinajstić information content (AvgIpc) is 2.89. The van der Waals surface area contributed by atoms with E-state index >= 15 is 4.39 Å². The molecule has 0 aromatic heterocycles. The molecule has 0 fully saturated rings. The van der Waals surface area contributed by atoms with Crippen LogP contribution >= 0.6 is 0 Å². The first-order valence-electron chi connectivity index (χ1n) is 14.4. The number of hydrogen-bond acceptors (Lipinski definition) is 0. The largest absolute Gasteiger partial charge is 0.206 e. The molecule has 1 heteroatoms. The zero-order valence-corrected chi connectivity index (χ0v) is 27.9. The van der Waals surface area contributed by atoms with Crippen LogP contribution in [0.2, 0.25) is 0 Å². The Balaban J connectivity index is -0.000000247. The van der Waals surface area contributed by atoms with Crippen molar-refractivity contribution in [2.75, 3.05) is 0 Å². The van der Waals surface area contributed by atoms with Crippen molar-refractivity contribution >= 4 is 0 Å². The molecule has 208 valence electrons. The third kappa shape index (κ3) is 14.5. The number of allylic oxidation sites excluding steroid dienone is 6. The van der Waals surface area contributed by atoms with Crippen LogP contribution in [0.15, 0.2) is 34.2 Å². The standard InChI is InChI=1S/C23H39F.5C2H6/c1-12-13-16-18(22(6,7)8)14-17(21(3,4)5)15(2)19(20(16)24)23(9,10)11;5*1-2/h14,17H,12-13H2,1-11H3;5*1-2H3. The Kier molecular flexibility index (Phi) is 27.3. The van der Waals surface area contributed by atoms with E-state index in [2.05, 4.69) is 82.2 Å². The molecule has 0 nitrogen and oxygen atoms in total. The van der Waals surface area contributed by atoms with Gasteiger partial charge in [0.1, 0.15) is 5.83 Å². The second kappa shape index (κ2) is 21.4. The first-order chi connectivity index (χ1) is 15.6. The van der Waals surface area contributed by atoms with E-state index in [1.807, 2.05) is 69.2 Å². The minimum absolute atomic E-state index is 0.0368. The maximum absolute atomic E-state index is 15.8. The zero-order valence-electron chi connectivity index (χ0n) is 27.9. The molecule has 1 unspecified atom stereocenters. The topological polar surface area (TPSA) is 0 Å². The third-order valence-corrected chi connectivity index (χ3v) is 4.99. The van der Waals surface area contributed by atoms with Crippen LogP contribution in [0.1, 0.15) is 158 Å². The minimum Gasteiger partial charge on any atom is -0.206 e. The molecule has 0 heterocycles. The van der Waals surface area contributed by atoms with Crippen LogP contribution in [-0.4, -0.2) is 0 Å². The fourth-order valence-electron chi connectivity index (χ4n) is 4.01. The first kappa shape index (κ1) is 43.2. The van der Waals surface area contributed by atoms with Gasteiger partial charge >= 0.3 is 0 Å². The monoisotopic (exact) mass is 485 g/mol. The zero-order chi connectivity index (χ0) is 29.1. The molecule has 0 aromatic carbocycles. The van der Waals surface area contributed by atoms with Gasteiger partial charge in [0.25, 0.3) is 0 Å². The van der Waals surface area contributed by atoms with E-state index in [9.17, 15) is 0 Å². The Bertz CT molecular complexity index is 563. The van der Waals surface area contributed by atoms with E-state index in [1.165, 1.54) is 11.1 Å². The van der Waals surface area contributed by atoms with Crippen LogP contribution in [0, 0.1) is 22.2 Å². The van der Waals surface area contributed by atoms with Gasteiger partial charge in [-0.2, -0.15) is 0 Å². The Morgan fingerprint density at radius 3 is 1.26 bits per heavy atom. The lowest BCUT2D eigenvalue weighted by Gasteiger charge is -2.34. The van der Waals surface area contributed by atoms with Crippen LogP contribution < -0.4 is 0 Å². The second-order valence-corrected chi connectivity index (χ2v) is 10.5. The summed E-state index contributed by atoms with van der Waals surface area (Å²) < 4.78 is 15.8. The van der Waals surface area contributed by atoms with Crippen LogP contribution in [-0.2, 0) is 0 Å². The summed E-state index contributed by atoms with van der Waals surface area (Å²) in [6.07, 6.45) is 4.14. The van der Waals surface area contributed by atoms with E-state index in [-0.39, 0.29) is 28.0 Å². The number of rotatable bonds is 2. The Hall–Kier alpha value is -0.850. The van der Waals surface area contributed by atoms with E-state index in [4.69, 9.17) is 0 Å². The quantitative estimate of drug-likeness (QED) is 0.365. The lowest BCUT2D eigenvalue weighted by Crippen LogP contribution is -2.24. The van der Waals surface area contributed by atoms with Crippen molar-refractivity contribution in [2.45, 2.75) is 158 Å². The van der Waals surface area contributed by atoms with Crippen LogP contribution in [0.3, 0.4) is 0 Å². The summed E-state index contributed by atoms with van der Waals surface area (Å²) in [5.41, 5.74) is 4.05. The molecule has 34 heavy (non-hydrogen) atoms. The van der Waals surface area contributed by atoms with Crippen molar-refractivity contribution in [2.24, 2.45) is 22.2 Å². The van der Waals surface area contributed by atoms with Gasteiger partial charge in [0, 0.05) is 5.92 Å². The SMILES string of the molecule is CC.CC.CC.CC.CC.CCCC1=C(F)C(C(C)(C)C)=C(C)C(C(C)(C)C)C=C1C(C)(C)C. The summed E-state index contributed by atoms with van der Waals surface area (Å²) in [6, 6.07) is 0. The minimum atomic E-state index is -0.197. The molecule has 0 amide bonds. The highest BCUT2D eigenvalue weighted by Gasteiger charge is 2.37. The predicted octanol–water partition coefficient (Wildman–Crippen LogP) is 13.2. The van der Waals surface area contributed by atoms with Crippen molar-refractivity contribution in [3.05, 3.63) is 34.2 Å². The summed E-state index contributed by atoms with van der Waals surface area (Å²) in [4.78, 5) is 0. The van der Waals surface area contributed by atoms with Gasteiger partial charge in [-0.3, -0.25) is 0 Å². The van der Waals surface area contributed by atoms with Gasteiger partial charge in [0.05, 0.1) is 0 Å². The highest BCUT2D eigenvalue weighted by atomic mass is 19.1. The molecule has 1 aliphatic rings. The maximum atomic E-state index is 15.8. The van der Waals surface area contributed by atoms with Crippen molar-refractivity contribution < 1.29 is 4.39 Å². The third-order valence-electron chi connectivity index (χ3n) is 4.99.